The minimum Gasteiger partial charge on any atom is -0.396 e. The number of anilines is 1. The average Bonchev–Trinajstić information content (AvgIpc) is 2.25. The molecule has 0 radical (unpaired) electrons. The van der Waals surface area contributed by atoms with Gasteiger partial charge in [0.05, 0.1) is 5.69 Å². The van der Waals surface area contributed by atoms with Gasteiger partial charge in [-0.25, -0.2) is 4.39 Å². The van der Waals surface area contributed by atoms with Crippen LogP contribution in [0.1, 0.15) is 25.7 Å². The van der Waals surface area contributed by atoms with E-state index in [1.54, 1.807) is 12.1 Å². The second kappa shape index (κ2) is 7.23. The van der Waals surface area contributed by atoms with E-state index >= 15 is 0 Å². The zero-order valence-electron chi connectivity index (χ0n) is 8.88. The first-order valence-corrected chi connectivity index (χ1v) is 5.44. The molecule has 84 valence electrons. The van der Waals surface area contributed by atoms with Crippen LogP contribution in [0.15, 0.2) is 24.3 Å². The van der Waals surface area contributed by atoms with Gasteiger partial charge >= 0.3 is 0 Å². The summed E-state index contributed by atoms with van der Waals surface area (Å²) < 4.78 is 13.1. The molecule has 2 N–H and O–H groups in total. The van der Waals surface area contributed by atoms with Crippen molar-refractivity contribution in [2.45, 2.75) is 25.7 Å². The minimum absolute atomic E-state index is 0.201. The van der Waals surface area contributed by atoms with E-state index in [1.807, 2.05) is 6.07 Å². The Hall–Kier alpha value is -1.09. The molecule has 0 amide bonds. The first-order valence-electron chi connectivity index (χ1n) is 5.44. The first kappa shape index (κ1) is 12.0. The Morgan fingerprint density at radius 1 is 1.07 bits per heavy atom. The lowest BCUT2D eigenvalue weighted by Gasteiger charge is -2.06. The summed E-state index contributed by atoms with van der Waals surface area (Å²) in [5, 5.41) is 11.6. The fourth-order valence-corrected chi connectivity index (χ4v) is 1.42. The van der Waals surface area contributed by atoms with Crippen LogP contribution in [0.4, 0.5) is 10.1 Å². The van der Waals surface area contributed by atoms with Crippen molar-refractivity contribution in [1.29, 1.82) is 0 Å². The molecule has 0 heterocycles. The first-order chi connectivity index (χ1) is 7.34. The van der Waals surface area contributed by atoms with Gasteiger partial charge in [-0.05, 0) is 25.0 Å². The van der Waals surface area contributed by atoms with Crippen molar-refractivity contribution in [2.75, 3.05) is 18.5 Å². The normalized spacial score (nSPS) is 10.3. The van der Waals surface area contributed by atoms with Crippen molar-refractivity contribution >= 4 is 5.69 Å². The van der Waals surface area contributed by atoms with Crippen molar-refractivity contribution in [3.63, 3.8) is 0 Å². The maximum atomic E-state index is 13.1. The summed E-state index contributed by atoms with van der Waals surface area (Å²) in [5.41, 5.74) is 0.569. The molecule has 1 rings (SSSR count). The van der Waals surface area contributed by atoms with Gasteiger partial charge in [0.15, 0.2) is 0 Å². The molecular formula is C12H18FNO. The quantitative estimate of drug-likeness (QED) is 0.680. The van der Waals surface area contributed by atoms with Crippen LogP contribution in [0.3, 0.4) is 0 Å². The second-order valence-electron chi connectivity index (χ2n) is 3.54. The number of unbranched alkanes of at least 4 members (excludes halogenated alkanes) is 3. The highest BCUT2D eigenvalue weighted by Gasteiger charge is 1.97. The Kier molecular flexibility index (Phi) is 5.78. The zero-order chi connectivity index (χ0) is 10.9. The molecule has 1 aromatic rings. The lowest BCUT2D eigenvalue weighted by molar-refractivity contribution is 0.283. The van der Waals surface area contributed by atoms with E-state index in [-0.39, 0.29) is 12.4 Å². The summed E-state index contributed by atoms with van der Waals surface area (Å²) in [6.07, 6.45) is 3.98. The number of hydrogen-bond acceptors (Lipinski definition) is 2. The number of nitrogens with one attached hydrogen (secondary N) is 1. The number of aliphatic hydroxyl groups excluding tert-OH is 1. The number of hydrogen-bond donors (Lipinski definition) is 2. The smallest absolute Gasteiger partial charge is 0.146 e. The van der Waals surface area contributed by atoms with Crippen LogP contribution >= 0.6 is 0 Å². The summed E-state index contributed by atoms with van der Waals surface area (Å²) in [4.78, 5) is 0. The number of halogens is 1. The molecule has 3 heteroatoms. The monoisotopic (exact) mass is 211 g/mol. The fourth-order valence-electron chi connectivity index (χ4n) is 1.42. The van der Waals surface area contributed by atoms with Crippen molar-refractivity contribution in [1.82, 2.24) is 0 Å². The van der Waals surface area contributed by atoms with Gasteiger partial charge in [-0.3, -0.25) is 0 Å². The topological polar surface area (TPSA) is 32.3 Å². The molecule has 0 aliphatic rings. The summed E-state index contributed by atoms with van der Waals surface area (Å²) in [6.45, 7) is 1.05. The van der Waals surface area contributed by atoms with E-state index in [4.69, 9.17) is 5.11 Å². The van der Waals surface area contributed by atoms with Gasteiger partial charge in [0, 0.05) is 13.2 Å². The summed E-state index contributed by atoms with van der Waals surface area (Å²) >= 11 is 0. The highest BCUT2D eigenvalue weighted by atomic mass is 19.1. The van der Waals surface area contributed by atoms with Crippen LogP contribution in [-0.4, -0.2) is 18.3 Å². The Bertz CT molecular complexity index is 278. The third-order valence-electron chi connectivity index (χ3n) is 2.27. The molecule has 0 atom stereocenters. The third-order valence-corrected chi connectivity index (χ3v) is 2.27. The van der Waals surface area contributed by atoms with Crippen LogP contribution in [0.5, 0.6) is 0 Å². The van der Waals surface area contributed by atoms with Crippen LogP contribution in [-0.2, 0) is 0 Å². The Labute approximate surface area is 90.1 Å². The maximum Gasteiger partial charge on any atom is 0.146 e. The summed E-state index contributed by atoms with van der Waals surface area (Å²) in [6, 6.07) is 6.69. The highest BCUT2D eigenvalue weighted by Crippen LogP contribution is 2.12. The maximum absolute atomic E-state index is 13.1. The molecule has 0 unspecified atom stereocenters. The lowest BCUT2D eigenvalue weighted by atomic mass is 10.2. The van der Waals surface area contributed by atoms with Crippen LogP contribution in [0.2, 0.25) is 0 Å². The summed E-state index contributed by atoms with van der Waals surface area (Å²) in [7, 11) is 0. The van der Waals surface area contributed by atoms with Gasteiger partial charge in [-0.1, -0.05) is 25.0 Å². The molecule has 15 heavy (non-hydrogen) atoms. The molecule has 0 aromatic heterocycles. The van der Waals surface area contributed by atoms with Crippen molar-refractivity contribution in [3.8, 4) is 0 Å². The van der Waals surface area contributed by atoms with E-state index in [0.717, 1.165) is 32.2 Å². The number of benzene rings is 1. The Morgan fingerprint density at radius 2 is 1.80 bits per heavy atom. The van der Waals surface area contributed by atoms with Gasteiger partial charge in [-0.2, -0.15) is 0 Å². The average molecular weight is 211 g/mol. The Morgan fingerprint density at radius 3 is 2.53 bits per heavy atom. The van der Waals surface area contributed by atoms with E-state index in [0.29, 0.717) is 5.69 Å². The van der Waals surface area contributed by atoms with Gasteiger partial charge in [-0.15, -0.1) is 0 Å². The molecule has 0 spiro atoms. The molecule has 0 aliphatic carbocycles. The van der Waals surface area contributed by atoms with E-state index in [1.165, 1.54) is 6.07 Å². The van der Waals surface area contributed by atoms with Gasteiger partial charge < -0.3 is 10.4 Å². The minimum atomic E-state index is -0.201. The van der Waals surface area contributed by atoms with Crippen molar-refractivity contribution in [3.05, 3.63) is 30.1 Å². The fraction of sp³-hybridized carbons (Fsp3) is 0.500. The van der Waals surface area contributed by atoms with Gasteiger partial charge in [0.1, 0.15) is 5.82 Å². The molecular weight excluding hydrogens is 193 g/mol. The molecule has 0 saturated heterocycles. The number of para-hydroxylation sites is 1. The molecule has 2 nitrogen and oxygen atoms in total. The van der Waals surface area contributed by atoms with Crippen LogP contribution in [0, 0.1) is 5.82 Å². The third kappa shape index (κ3) is 4.79. The highest BCUT2D eigenvalue weighted by molar-refractivity contribution is 5.44. The molecule has 1 aromatic carbocycles. The van der Waals surface area contributed by atoms with E-state index in [2.05, 4.69) is 5.32 Å². The SMILES string of the molecule is OCCCCCCNc1ccccc1F. The van der Waals surface area contributed by atoms with E-state index < -0.39 is 0 Å². The molecule has 0 bridgehead atoms. The van der Waals surface area contributed by atoms with Crippen LogP contribution < -0.4 is 5.32 Å². The van der Waals surface area contributed by atoms with Crippen molar-refractivity contribution < 1.29 is 9.50 Å². The second-order valence-corrected chi connectivity index (χ2v) is 3.54. The van der Waals surface area contributed by atoms with Crippen LogP contribution in [0.25, 0.3) is 0 Å². The zero-order valence-corrected chi connectivity index (χ0v) is 8.88. The Balaban J connectivity index is 2.12. The predicted molar refractivity (Wildman–Crippen MR) is 60.4 cm³/mol. The molecule has 0 saturated carbocycles. The predicted octanol–water partition coefficient (Wildman–Crippen LogP) is 2.79. The molecule has 0 fully saturated rings. The van der Waals surface area contributed by atoms with Gasteiger partial charge in [0.25, 0.3) is 0 Å². The largest absolute Gasteiger partial charge is 0.396 e. The lowest BCUT2D eigenvalue weighted by Crippen LogP contribution is -2.03. The number of rotatable bonds is 7. The standard InChI is InChI=1S/C12H18FNO/c13-11-7-3-4-8-12(11)14-9-5-1-2-6-10-15/h3-4,7-8,14-15H,1-2,5-6,9-10H2. The number of aliphatic hydroxyl groups is 1. The van der Waals surface area contributed by atoms with Gasteiger partial charge in [0.2, 0.25) is 0 Å². The van der Waals surface area contributed by atoms with E-state index in [9.17, 15) is 4.39 Å². The van der Waals surface area contributed by atoms with Crippen molar-refractivity contribution in [2.24, 2.45) is 0 Å². The molecule has 0 aliphatic heterocycles. The summed E-state index contributed by atoms with van der Waals surface area (Å²) in [5.74, 6) is -0.201.